The molecule has 0 aliphatic heterocycles. The molecule has 0 aromatic heterocycles. The number of ketones is 2. The Morgan fingerprint density at radius 2 is 0.881 bits per heavy atom. The molecule has 0 radical (unpaired) electrons. The molecule has 0 spiro atoms. The number of hydrogen-bond donors (Lipinski definition) is 0. The Kier molecular flexibility index (Phi) is 14.3. The normalized spacial score (nSPS) is 11.0. The van der Waals surface area contributed by atoms with Crippen LogP contribution in [-0.4, -0.2) is 24.8 Å². The molecule has 3 rings (SSSR count). The van der Waals surface area contributed by atoms with Crippen LogP contribution in [0.1, 0.15) is 134 Å². The van der Waals surface area contributed by atoms with Gasteiger partial charge >= 0.3 is 0 Å². The number of unbranched alkanes of at least 4 members (excludes halogenated alkanes) is 10. The SMILES string of the molecule is CCCCCCCCOc1ccc(C(=O)c2cccc(C(=O)c3ccc(OCCCCCCCC)c(C)c3)c2)cc1C. The fourth-order valence-electron chi connectivity index (χ4n) is 5.17. The Morgan fingerprint density at radius 1 is 0.500 bits per heavy atom. The van der Waals surface area contributed by atoms with Crippen LogP contribution in [0.2, 0.25) is 0 Å². The van der Waals surface area contributed by atoms with Crippen LogP contribution >= 0.6 is 0 Å². The Hall–Kier alpha value is -3.40. The Labute approximate surface area is 253 Å². The first-order valence-electron chi connectivity index (χ1n) is 16.1. The maximum absolute atomic E-state index is 13.3. The summed E-state index contributed by atoms with van der Waals surface area (Å²) in [4.78, 5) is 26.7. The van der Waals surface area contributed by atoms with Crippen LogP contribution in [0, 0.1) is 13.8 Å². The number of rotatable bonds is 20. The largest absolute Gasteiger partial charge is 0.493 e. The highest BCUT2D eigenvalue weighted by molar-refractivity contribution is 6.13. The molecule has 0 N–H and O–H groups in total. The average Bonchev–Trinajstić information content (AvgIpc) is 3.00. The first kappa shape index (κ1) is 33.1. The van der Waals surface area contributed by atoms with Crippen molar-refractivity contribution in [3.63, 3.8) is 0 Å². The van der Waals surface area contributed by atoms with Crippen molar-refractivity contribution in [2.45, 2.75) is 105 Å². The molecular formula is C38H50O4. The molecule has 42 heavy (non-hydrogen) atoms. The van der Waals surface area contributed by atoms with E-state index in [4.69, 9.17) is 9.47 Å². The lowest BCUT2D eigenvalue weighted by molar-refractivity contribution is 0.103. The maximum atomic E-state index is 13.3. The van der Waals surface area contributed by atoms with E-state index >= 15 is 0 Å². The highest BCUT2D eigenvalue weighted by atomic mass is 16.5. The molecule has 226 valence electrons. The molecular weight excluding hydrogens is 520 g/mol. The average molecular weight is 571 g/mol. The second kappa shape index (κ2) is 18.2. The van der Waals surface area contributed by atoms with E-state index in [-0.39, 0.29) is 11.6 Å². The number of ether oxygens (including phenoxy) is 2. The molecule has 0 unspecified atom stereocenters. The van der Waals surface area contributed by atoms with Gasteiger partial charge in [0.1, 0.15) is 11.5 Å². The van der Waals surface area contributed by atoms with Gasteiger partial charge in [-0.3, -0.25) is 9.59 Å². The van der Waals surface area contributed by atoms with Crippen molar-refractivity contribution in [1.29, 1.82) is 0 Å². The predicted molar refractivity (Wildman–Crippen MR) is 173 cm³/mol. The number of hydrogen-bond acceptors (Lipinski definition) is 4. The molecule has 0 saturated carbocycles. The molecule has 0 heterocycles. The molecule has 0 aliphatic carbocycles. The summed E-state index contributed by atoms with van der Waals surface area (Å²) in [5.41, 5.74) is 4.05. The van der Waals surface area contributed by atoms with E-state index in [1.807, 2.05) is 50.2 Å². The lowest BCUT2D eigenvalue weighted by atomic mass is 9.96. The molecule has 4 nitrogen and oxygen atoms in total. The van der Waals surface area contributed by atoms with E-state index in [1.165, 1.54) is 64.2 Å². The summed E-state index contributed by atoms with van der Waals surface area (Å²) in [6.07, 6.45) is 14.6. The first-order valence-corrected chi connectivity index (χ1v) is 16.1. The van der Waals surface area contributed by atoms with E-state index < -0.39 is 0 Å². The van der Waals surface area contributed by atoms with Crippen LogP contribution in [0.25, 0.3) is 0 Å². The molecule has 0 aliphatic rings. The van der Waals surface area contributed by atoms with Crippen LogP contribution in [0.15, 0.2) is 60.7 Å². The molecule has 0 saturated heterocycles. The number of carbonyl (C=O) groups is 2. The topological polar surface area (TPSA) is 52.6 Å². The molecule has 3 aromatic rings. The monoisotopic (exact) mass is 570 g/mol. The summed E-state index contributed by atoms with van der Waals surface area (Å²) in [5.74, 6) is 1.42. The smallest absolute Gasteiger partial charge is 0.193 e. The third kappa shape index (κ3) is 10.5. The molecule has 0 amide bonds. The van der Waals surface area contributed by atoms with Gasteiger partial charge in [0, 0.05) is 22.3 Å². The van der Waals surface area contributed by atoms with Crippen LogP contribution < -0.4 is 9.47 Å². The molecule has 0 atom stereocenters. The van der Waals surface area contributed by atoms with Gasteiger partial charge in [-0.2, -0.15) is 0 Å². The second-order valence-electron chi connectivity index (χ2n) is 11.4. The Morgan fingerprint density at radius 3 is 1.29 bits per heavy atom. The molecule has 0 fully saturated rings. The summed E-state index contributed by atoms with van der Waals surface area (Å²) >= 11 is 0. The first-order chi connectivity index (χ1) is 20.4. The van der Waals surface area contributed by atoms with Gasteiger partial charge in [-0.15, -0.1) is 0 Å². The zero-order valence-corrected chi connectivity index (χ0v) is 26.3. The molecule has 4 heteroatoms. The summed E-state index contributed by atoms with van der Waals surface area (Å²) in [6.45, 7) is 9.77. The van der Waals surface area contributed by atoms with Crippen molar-refractivity contribution in [2.24, 2.45) is 0 Å². The van der Waals surface area contributed by atoms with Crippen molar-refractivity contribution in [2.75, 3.05) is 13.2 Å². The van der Waals surface area contributed by atoms with E-state index in [1.54, 1.807) is 24.3 Å². The summed E-state index contributed by atoms with van der Waals surface area (Å²) in [6, 6.07) is 18.1. The number of benzene rings is 3. The van der Waals surface area contributed by atoms with E-state index in [9.17, 15) is 9.59 Å². The van der Waals surface area contributed by atoms with Crippen molar-refractivity contribution >= 4 is 11.6 Å². The van der Waals surface area contributed by atoms with Crippen molar-refractivity contribution in [1.82, 2.24) is 0 Å². The zero-order chi connectivity index (χ0) is 30.2. The Balaban J connectivity index is 1.57. The van der Waals surface area contributed by atoms with Crippen molar-refractivity contribution in [3.05, 3.63) is 94.0 Å². The van der Waals surface area contributed by atoms with E-state index in [0.29, 0.717) is 35.5 Å². The minimum Gasteiger partial charge on any atom is -0.493 e. The minimum absolute atomic E-state index is 0.107. The van der Waals surface area contributed by atoms with Crippen LogP contribution in [0.3, 0.4) is 0 Å². The van der Waals surface area contributed by atoms with Crippen molar-refractivity contribution < 1.29 is 19.1 Å². The third-order valence-corrected chi connectivity index (χ3v) is 7.77. The quantitative estimate of drug-likeness (QED) is 0.100. The standard InChI is InChI=1S/C38H50O4/c1-5-7-9-11-13-15-24-41-35-22-20-33(26-29(35)3)37(39)31-18-17-19-32(28-31)38(40)34-21-23-36(30(4)27-34)42-25-16-14-12-10-8-6-2/h17-23,26-28H,5-16,24-25H2,1-4H3. The highest BCUT2D eigenvalue weighted by Gasteiger charge is 2.16. The summed E-state index contributed by atoms with van der Waals surface area (Å²) in [5, 5.41) is 0. The highest BCUT2D eigenvalue weighted by Crippen LogP contribution is 2.24. The lowest BCUT2D eigenvalue weighted by Gasteiger charge is -2.12. The van der Waals surface area contributed by atoms with Gasteiger partial charge in [-0.05, 0) is 80.3 Å². The van der Waals surface area contributed by atoms with Gasteiger partial charge < -0.3 is 9.47 Å². The lowest BCUT2D eigenvalue weighted by Crippen LogP contribution is -2.07. The van der Waals surface area contributed by atoms with Crippen molar-refractivity contribution in [3.8, 4) is 11.5 Å². The Bertz CT molecular complexity index is 1180. The summed E-state index contributed by atoms with van der Waals surface area (Å²) in [7, 11) is 0. The zero-order valence-electron chi connectivity index (χ0n) is 26.3. The fraction of sp³-hybridized carbons (Fsp3) is 0.474. The maximum Gasteiger partial charge on any atom is 0.193 e. The van der Waals surface area contributed by atoms with Gasteiger partial charge in [-0.25, -0.2) is 0 Å². The van der Waals surface area contributed by atoms with Gasteiger partial charge in [0.15, 0.2) is 11.6 Å². The number of aryl methyl sites for hydroxylation is 2. The summed E-state index contributed by atoms with van der Waals surface area (Å²) < 4.78 is 12.0. The van der Waals surface area contributed by atoms with Crippen LogP contribution in [-0.2, 0) is 0 Å². The number of carbonyl (C=O) groups excluding carboxylic acids is 2. The van der Waals surface area contributed by atoms with Gasteiger partial charge in [0.05, 0.1) is 13.2 Å². The van der Waals surface area contributed by atoms with Crippen LogP contribution in [0.5, 0.6) is 11.5 Å². The van der Waals surface area contributed by atoms with Gasteiger partial charge in [-0.1, -0.05) is 96.3 Å². The van der Waals surface area contributed by atoms with E-state index in [2.05, 4.69) is 13.8 Å². The second-order valence-corrected chi connectivity index (χ2v) is 11.4. The predicted octanol–water partition coefficient (Wildman–Crippen LogP) is 10.2. The fourth-order valence-corrected chi connectivity index (χ4v) is 5.17. The molecule has 0 bridgehead atoms. The van der Waals surface area contributed by atoms with Gasteiger partial charge in [0.2, 0.25) is 0 Å². The van der Waals surface area contributed by atoms with Crippen LogP contribution in [0.4, 0.5) is 0 Å². The third-order valence-electron chi connectivity index (χ3n) is 7.77. The van der Waals surface area contributed by atoms with E-state index in [0.717, 1.165) is 35.5 Å². The molecule has 3 aromatic carbocycles. The minimum atomic E-state index is -0.107. The van der Waals surface area contributed by atoms with Gasteiger partial charge in [0.25, 0.3) is 0 Å².